The van der Waals surface area contributed by atoms with Gasteiger partial charge in [-0.25, -0.2) is 9.78 Å². The molecule has 1 fully saturated rings. The van der Waals surface area contributed by atoms with Crippen molar-refractivity contribution in [1.29, 1.82) is 0 Å². The third-order valence-electron chi connectivity index (χ3n) is 3.49. The molecule has 0 saturated heterocycles. The fraction of sp³-hybridized carbons (Fsp3) is 0.538. The number of halogens is 1. The van der Waals surface area contributed by atoms with Gasteiger partial charge in [0, 0.05) is 23.1 Å². The van der Waals surface area contributed by atoms with E-state index in [9.17, 15) is 9.90 Å². The molecule has 1 saturated carbocycles. The Labute approximate surface area is 120 Å². The molecule has 104 valence electrons. The second-order valence-corrected chi connectivity index (χ2v) is 5.76. The molecule has 6 heteroatoms. The monoisotopic (exact) mass is 328 g/mol. The summed E-state index contributed by atoms with van der Waals surface area (Å²) in [6, 6.07) is 1.52. The standard InChI is InChI=1S/C13H17BrN2O3/c14-9-5-10(13(18)19)12(16-7-9)15-6-8-3-1-2-4-11(8)17/h5,7-8,11,17H,1-4,6H2,(H,15,16)(H,18,19). The Morgan fingerprint density at radius 1 is 1.47 bits per heavy atom. The van der Waals surface area contributed by atoms with Crippen molar-refractivity contribution in [3.05, 3.63) is 22.3 Å². The first-order valence-electron chi connectivity index (χ1n) is 6.38. The lowest BCUT2D eigenvalue weighted by atomic mass is 9.86. The second kappa shape index (κ2) is 6.34. The van der Waals surface area contributed by atoms with Gasteiger partial charge in [-0.05, 0) is 34.8 Å². The van der Waals surface area contributed by atoms with E-state index in [2.05, 4.69) is 26.2 Å². The molecule has 0 amide bonds. The maximum absolute atomic E-state index is 11.1. The van der Waals surface area contributed by atoms with E-state index in [4.69, 9.17) is 5.11 Å². The number of aliphatic hydroxyl groups excluding tert-OH is 1. The van der Waals surface area contributed by atoms with Crippen LogP contribution >= 0.6 is 15.9 Å². The average Bonchev–Trinajstić information content (AvgIpc) is 2.38. The summed E-state index contributed by atoms with van der Waals surface area (Å²) < 4.78 is 0.633. The minimum absolute atomic E-state index is 0.139. The minimum atomic E-state index is -1.01. The molecule has 2 rings (SSSR count). The van der Waals surface area contributed by atoms with Gasteiger partial charge in [-0.15, -0.1) is 0 Å². The van der Waals surface area contributed by atoms with E-state index in [0.717, 1.165) is 25.7 Å². The summed E-state index contributed by atoms with van der Waals surface area (Å²) in [6.07, 6.45) is 5.23. The van der Waals surface area contributed by atoms with Crippen LogP contribution in [0.4, 0.5) is 5.82 Å². The summed E-state index contributed by atoms with van der Waals surface area (Å²) in [5, 5.41) is 22.1. The summed E-state index contributed by atoms with van der Waals surface area (Å²) >= 11 is 3.21. The van der Waals surface area contributed by atoms with Crippen molar-refractivity contribution in [2.75, 3.05) is 11.9 Å². The number of anilines is 1. The fourth-order valence-corrected chi connectivity index (χ4v) is 2.73. The van der Waals surface area contributed by atoms with Gasteiger partial charge >= 0.3 is 5.97 Å². The number of carboxylic acids is 1. The number of aromatic nitrogens is 1. The first kappa shape index (κ1) is 14.3. The molecule has 2 unspecified atom stereocenters. The third kappa shape index (κ3) is 3.67. The van der Waals surface area contributed by atoms with Crippen LogP contribution in [0.15, 0.2) is 16.7 Å². The summed E-state index contributed by atoms with van der Waals surface area (Å²) in [4.78, 5) is 15.2. The Morgan fingerprint density at radius 2 is 2.21 bits per heavy atom. The van der Waals surface area contributed by atoms with Crippen molar-refractivity contribution in [1.82, 2.24) is 4.98 Å². The zero-order chi connectivity index (χ0) is 13.8. The summed E-state index contributed by atoms with van der Waals surface area (Å²) in [5.41, 5.74) is 0.139. The summed E-state index contributed by atoms with van der Waals surface area (Å²) in [7, 11) is 0. The van der Waals surface area contributed by atoms with E-state index >= 15 is 0 Å². The number of nitrogens with one attached hydrogen (secondary N) is 1. The molecule has 1 aromatic heterocycles. The number of carboxylic acid groups (broad SMARTS) is 1. The van der Waals surface area contributed by atoms with Gasteiger partial charge in [0.2, 0.25) is 0 Å². The number of hydrogen-bond acceptors (Lipinski definition) is 4. The lowest BCUT2D eigenvalue weighted by Gasteiger charge is -2.27. The minimum Gasteiger partial charge on any atom is -0.478 e. The maximum Gasteiger partial charge on any atom is 0.339 e. The van der Waals surface area contributed by atoms with Gasteiger partial charge in [-0.3, -0.25) is 0 Å². The molecule has 0 bridgehead atoms. The fourth-order valence-electron chi connectivity index (χ4n) is 2.40. The van der Waals surface area contributed by atoms with Crippen LogP contribution in [0, 0.1) is 5.92 Å². The van der Waals surface area contributed by atoms with Gasteiger partial charge in [0.25, 0.3) is 0 Å². The Hall–Kier alpha value is -1.14. The largest absolute Gasteiger partial charge is 0.478 e. The van der Waals surface area contributed by atoms with Crippen molar-refractivity contribution < 1.29 is 15.0 Å². The molecule has 5 nitrogen and oxygen atoms in total. The molecule has 1 aliphatic carbocycles. The number of carbonyl (C=O) groups is 1. The van der Waals surface area contributed by atoms with E-state index in [0.29, 0.717) is 16.8 Å². The topological polar surface area (TPSA) is 82.5 Å². The number of aromatic carboxylic acids is 1. The van der Waals surface area contributed by atoms with Gasteiger partial charge in [0.15, 0.2) is 0 Å². The highest BCUT2D eigenvalue weighted by molar-refractivity contribution is 9.10. The molecule has 0 aromatic carbocycles. The van der Waals surface area contributed by atoms with Gasteiger partial charge in [0.05, 0.1) is 6.10 Å². The smallest absolute Gasteiger partial charge is 0.339 e. The molecule has 1 heterocycles. The Morgan fingerprint density at radius 3 is 2.89 bits per heavy atom. The second-order valence-electron chi connectivity index (χ2n) is 4.85. The van der Waals surface area contributed by atoms with E-state index in [1.807, 2.05) is 0 Å². The first-order chi connectivity index (χ1) is 9.08. The van der Waals surface area contributed by atoms with E-state index in [-0.39, 0.29) is 17.6 Å². The van der Waals surface area contributed by atoms with Gasteiger partial charge in [-0.1, -0.05) is 12.8 Å². The molecule has 0 aliphatic heterocycles. The number of rotatable bonds is 4. The number of hydrogen-bond donors (Lipinski definition) is 3. The zero-order valence-electron chi connectivity index (χ0n) is 10.5. The average molecular weight is 329 g/mol. The van der Waals surface area contributed by atoms with Crippen molar-refractivity contribution >= 4 is 27.7 Å². The van der Waals surface area contributed by atoms with Crippen LogP contribution in [0.5, 0.6) is 0 Å². The molecule has 0 spiro atoms. The van der Waals surface area contributed by atoms with Gasteiger partial charge < -0.3 is 15.5 Å². The number of aliphatic hydroxyl groups is 1. The predicted molar refractivity (Wildman–Crippen MR) is 75.4 cm³/mol. The number of pyridine rings is 1. The van der Waals surface area contributed by atoms with Crippen molar-refractivity contribution in [3.63, 3.8) is 0 Å². The normalized spacial score (nSPS) is 23.1. The Kier molecular flexibility index (Phi) is 4.76. The lowest BCUT2D eigenvalue weighted by Crippen LogP contribution is -2.30. The quantitative estimate of drug-likeness (QED) is 0.791. The summed E-state index contributed by atoms with van der Waals surface area (Å²) in [6.45, 7) is 0.552. The molecule has 1 aliphatic rings. The van der Waals surface area contributed by atoms with Crippen molar-refractivity contribution in [2.45, 2.75) is 31.8 Å². The van der Waals surface area contributed by atoms with Crippen LogP contribution in [0.3, 0.4) is 0 Å². The van der Waals surface area contributed by atoms with E-state index in [1.54, 1.807) is 6.20 Å². The predicted octanol–water partition coefficient (Wildman–Crippen LogP) is 2.51. The van der Waals surface area contributed by atoms with Crippen molar-refractivity contribution in [3.8, 4) is 0 Å². The Bertz CT molecular complexity index is 467. The van der Waals surface area contributed by atoms with E-state index in [1.165, 1.54) is 6.07 Å². The van der Waals surface area contributed by atoms with Crippen LogP contribution in [0.1, 0.15) is 36.0 Å². The van der Waals surface area contributed by atoms with Crippen LogP contribution in [-0.4, -0.2) is 33.8 Å². The zero-order valence-corrected chi connectivity index (χ0v) is 12.1. The highest BCUT2D eigenvalue weighted by Gasteiger charge is 2.23. The maximum atomic E-state index is 11.1. The van der Waals surface area contributed by atoms with Crippen LogP contribution < -0.4 is 5.32 Å². The van der Waals surface area contributed by atoms with Crippen molar-refractivity contribution in [2.24, 2.45) is 5.92 Å². The third-order valence-corrected chi connectivity index (χ3v) is 3.92. The molecular formula is C13H17BrN2O3. The van der Waals surface area contributed by atoms with E-state index < -0.39 is 5.97 Å². The molecule has 3 N–H and O–H groups in total. The molecule has 0 radical (unpaired) electrons. The first-order valence-corrected chi connectivity index (χ1v) is 7.18. The summed E-state index contributed by atoms with van der Waals surface area (Å²) in [5.74, 6) is -0.491. The van der Waals surface area contributed by atoms with Gasteiger partial charge in [0.1, 0.15) is 11.4 Å². The van der Waals surface area contributed by atoms with Crippen LogP contribution in [-0.2, 0) is 0 Å². The molecule has 19 heavy (non-hydrogen) atoms. The van der Waals surface area contributed by atoms with Crippen LogP contribution in [0.25, 0.3) is 0 Å². The SMILES string of the molecule is O=C(O)c1cc(Br)cnc1NCC1CCCCC1O. The lowest BCUT2D eigenvalue weighted by molar-refractivity contribution is 0.0697. The molecular weight excluding hydrogens is 312 g/mol. The van der Waals surface area contributed by atoms with Gasteiger partial charge in [-0.2, -0.15) is 0 Å². The number of nitrogens with zero attached hydrogens (tertiary/aromatic N) is 1. The Balaban J connectivity index is 2.04. The highest BCUT2D eigenvalue weighted by Crippen LogP contribution is 2.25. The highest BCUT2D eigenvalue weighted by atomic mass is 79.9. The molecule has 2 atom stereocenters. The van der Waals surface area contributed by atoms with Crippen LogP contribution in [0.2, 0.25) is 0 Å². The molecule has 1 aromatic rings.